The zero-order chi connectivity index (χ0) is 37.7. The number of ether oxygens (including phenoxy) is 2. The van der Waals surface area contributed by atoms with Crippen molar-refractivity contribution in [3.8, 4) is 5.75 Å². The number of likely N-dealkylation sites (tertiary alicyclic amines) is 2. The molecule has 7 aliphatic rings. The highest BCUT2D eigenvalue weighted by Gasteiger charge is 2.55. The highest BCUT2D eigenvalue weighted by atomic mass is 32.2. The van der Waals surface area contributed by atoms with E-state index < -0.39 is 32.7 Å². The van der Waals surface area contributed by atoms with Crippen LogP contribution in [-0.4, -0.2) is 84.3 Å². The zero-order valence-electron chi connectivity index (χ0n) is 31.9. The summed E-state index contributed by atoms with van der Waals surface area (Å²) in [7, 11) is -2.13. The molecule has 9 rings (SSSR count). The lowest BCUT2D eigenvalue weighted by molar-refractivity contribution is -0.124. The molecule has 2 aromatic rings. The Labute approximate surface area is 317 Å². The first-order valence-electron chi connectivity index (χ1n) is 20.1. The lowest BCUT2D eigenvalue weighted by atomic mass is 9.83. The van der Waals surface area contributed by atoms with E-state index in [1.165, 1.54) is 12.0 Å². The summed E-state index contributed by atoms with van der Waals surface area (Å²) in [6.07, 6.45) is 13.9. The maximum atomic E-state index is 15.6. The molecule has 4 unspecified atom stereocenters. The number of hydrogen-bond acceptors (Lipinski definition) is 7. The summed E-state index contributed by atoms with van der Waals surface area (Å²) in [4.78, 5) is 46.9. The maximum absolute atomic E-state index is 15.6. The van der Waals surface area contributed by atoms with E-state index in [9.17, 15) is 18.0 Å². The van der Waals surface area contributed by atoms with Crippen molar-refractivity contribution in [3.05, 3.63) is 58.3 Å². The topological polar surface area (TPSA) is 127 Å². The standard InChI is InChI=1S/C42H52N4O7S/c1-42(2,3)53-41(49)45-20-10-13-25-22-44(23-32(25)45)40(48)38-35-34(36(35)39(47)43-54(50,51)26-16-17-26)29-15-9-8-14-28(29)31-21-30-33(52-4)19-18-27(37(30)46(31)38)24-11-6-5-7-12-24/h9,15,18-19,21,24-26,28,32,36H,5-8,10-14,16-17,20,22-23H2,1-4H3,(H,43,47). The number of piperidine rings is 1. The van der Waals surface area contributed by atoms with E-state index in [4.69, 9.17) is 9.47 Å². The minimum Gasteiger partial charge on any atom is -0.496 e. The number of allylic oxidation sites excluding steroid dienone is 3. The van der Waals surface area contributed by atoms with Crippen molar-refractivity contribution >= 4 is 44.5 Å². The van der Waals surface area contributed by atoms with Gasteiger partial charge in [-0.2, -0.15) is 0 Å². The van der Waals surface area contributed by atoms with Gasteiger partial charge in [0.15, 0.2) is 0 Å². The molecular formula is C42H52N4O7S. The number of nitrogens with zero attached hydrogens (tertiary/aromatic N) is 3. The van der Waals surface area contributed by atoms with E-state index in [1.54, 1.807) is 7.11 Å². The van der Waals surface area contributed by atoms with E-state index in [2.05, 4.69) is 39.6 Å². The molecule has 12 heteroatoms. The molecule has 288 valence electrons. The van der Waals surface area contributed by atoms with Gasteiger partial charge >= 0.3 is 6.09 Å². The third kappa shape index (κ3) is 5.98. The van der Waals surface area contributed by atoms with Crippen LogP contribution < -0.4 is 9.46 Å². The van der Waals surface area contributed by atoms with Crippen LogP contribution in [0.1, 0.15) is 114 Å². The highest BCUT2D eigenvalue weighted by Crippen LogP contribution is 2.59. The Kier molecular flexibility index (Phi) is 8.59. The minimum absolute atomic E-state index is 0.0932. The largest absolute Gasteiger partial charge is 0.496 e. The molecule has 1 aromatic carbocycles. The van der Waals surface area contributed by atoms with Crippen molar-refractivity contribution in [3.63, 3.8) is 0 Å². The fourth-order valence-electron chi connectivity index (χ4n) is 10.2. The first-order chi connectivity index (χ1) is 25.9. The first-order valence-corrected chi connectivity index (χ1v) is 21.6. The molecule has 3 aliphatic heterocycles. The predicted octanol–water partition coefficient (Wildman–Crippen LogP) is 6.75. The molecular weight excluding hydrogens is 705 g/mol. The van der Waals surface area contributed by atoms with Gasteiger partial charge in [-0.15, -0.1) is 0 Å². The summed E-state index contributed by atoms with van der Waals surface area (Å²) < 4.78 is 42.7. The molecule has 3 amide bonds. The Morgan fingerprint density at radius 2 is 1.70 bits per heavy atom. The van der Waals surface area contributed by atoms with Crippen LogP contribution in [0.5, 0.6) is 5.75 Å². The van der Waals surface area contributed by atoms with Gasteiger partial charge in [0.2, 0.25) is 15.9 Å². The third-order valence-electron chi connectivity index (χ3n) is 12.8. The molecule has 1 aromatic heterocycles. The predicted molar refractivity (Wildman–Crippen MR) is 205 cm³/mol. The number of amides is 3. The number of fused-ring (bicyclic) bond motifs is 7. The van der Waals surface area contributed by atoms with Gasteiger partial charge in [-0.1, -0.05) is 37.5 Å². The van der Waals surface area contributed by atoms with Crippen LogP contribution in [0.15, 0.2) is 47.1 Å². The van der Waals surface area contributed by atoms with Gasteiger partial charge in [0.05, 0.1) is 29.8 Å². The molecule has 0 spiro atoms. The number of nitrogens with one attached hydrogen (secondary N) is 1. The second-order valence-electron chi connectivity index (χ2n) is 17.5. The molecule has 0 radical (unpaired) electrons. The van der Waals surface area contributed by atoms with E-state index in [1.807, 2.05) is 30.6 Å². The normalized spacial score (nSPS) is 26.9. The van der Waals surface area contributed by atoms with Crippen molar-refractivity contribution in [1.82, 2.24) is 19.1 Å². The third-order valence-corrected chi connectivity index (χ3v) is 14.7. The SMILES string of the molecule is COc1ccc(C2CCCCC2)c2c1cc1n2C(C(=O)N2CC3CCCN(C(=O)OC(C)(C)C)C3C2)=C2C(=C3C=CCCC31)C2C(=O)NS(=O)(=O)C1CC1. The van der Waals surface area contributed by atoms with Gasteiger partial charge in [-0.3, -0.25) is 14.3 Å². The van der Waals surface area contributed by atoms with Crippen molar-refractivity contribution in [2.45, 2.75) is 120 Å². The first kappa shape index (κ1) is 35.6. The maximum Gasteiger partial charge on any atom is 0.410 e. The summed E-state index contributed by atoms with van der Waals surface area (Å²) >= 11 is 0. The second-order valence-corrected chi connectivity index (χ2v) is 19.5. The van der Waals surface area contributed by atoms with Crippen molar-refractivity contribution in [2.24, 2.45) is 11.8 Å². The lowest BCUT2D eigenvalue weighted by Crippen LogP contribution is -2.50. The summed E-state index contributed by atoms with van der Waals surface area (Å²) in [6, 6.07) is 6.24. The summed E-state index contributed by atoms with van der Waals surface area (Å²) in [5.74, 6) is -0.582. The summed E-state index contributed by atoms with van der Waals surface area (Å²) in [5, 5.41) is 0.398. The molecule has 4 atom stereocenters. The van der Waals surface area contributed by atoms with Gasteiger partial charge in [0.25, 0.3) is 5.91 Å². The number of benzene rings is 1. The van der Waals surface area contributed by atoms with Crippen molar-refractivity contribution in [2.75, 3.05) is 26.7 Å². The van der Waals surface area contributed by atoms with E-state index in [-0.39, 0.29) is 29.9 Å². The molecule has 4 aliphatic carbocycles. The lowest BCUT2D eigenvalue weighted by Gasteiger charge is -2.37. The van der Waals surface area contributed by atoms with Crippen LogP contribution in [0.3, 0.4) is 0 Å². The van der Waals surface area contributed by atoms with Crippen LogP contribution >= 0.6 is 0 Å². The van der Waals surface area contributed by atoms with Crippen LogP contribution in [-0.2, 0) is 24.3 Å². The van der Waals surface area contributed by atoms with Gasteiger partial charge in [0.1, 0.15) is 17.0 Å². The monoisotopic (exact) mass is 756 g/mol. The quantitative estimate of drug-likeness (QED) is 0.346. The average molecular weight is 757 g/mol. The molecule has 2 saturated heterocycles. The molecule has 5 fully saturated rings. The zero-order valence-corrected chi connectivity index (χ0v) is 32.7. The number of carbonyl (C=O) groups excluding carboxylic acids is 3. The minimum atomic E-state index is -3.81. The Balaban J connectivity index is 1.21. The number of carbonyl (C=O) groups is 3. The van der Waals surface area contributed by atoms with E-state index in [0.29, 0.717) is 49.7 Å². The molecule has 54 heavy (non-hydrogen) atoms. The van der Waals surface area contributed by atoms with E-state index >= 15 is 4.79 Å². The van der Waals surface area contributed by atoms with Gasteiger partial charge in [-0.05, 0) is 113 Å². The smallest absolute Gasteiger partial charge is 0.410 e. The summed E-state index contributed by atoms with van der Waals surface area (Å²) in [6.45, 7) is 7.00. The molecule has 4 heterocycles. The van der Waals surface area contributed by atoms with Gasteiger partial charge in [-0.25, -0.2) is 13.2 Å². The van der Waals surface area contributed by atoms with Crippen molar-refractivity contribution < 1.29 is 32.3 Å². The molecule has 3 saturated carbocycles. The molecule has 1 N–H and O–H groups in total. The molecule has 0 bridgehead atoms. The number of rotatable bonds is 6. The molecule has 11 nitrogen and oxygen atoms in total. The Bertz CT molecular complexity index is 2150. The average Bonchev–Trinajstić information content (AvgIpc) is 4.05. The Morgan fingerprint density at radius 3 is 2.43 bits per heavy atom. The summed E-state index contributed by atoms with van der Waals surface area (Å²) in [5.41, 5.74) is 5.29. The van der Waals surface area contributed by atoms with Crippen LogP contribution in [0.2, 0.25) is 0 Å². The number of hydrogen-bond donors (Lipinski definition) is 1. The van der Waals surface area contributed by atoms with Gasteiger partial charge in [0, 0.05) is 42.2 Å². The van der Waals surface area contributed by atoms with Crippen molar-refractivity contribution in [1.29, 1.82) is 0 Å². The fourth-order valence-corrected chi connectivity index (χ4v) is 11.5. The number of sulfonamides is 1. The van der Waals surface area contributed by atoms with Crippen LogP contribution in [0.4, 0.5) is 4.79 Å². The Hall–Kier alpha value is -4.06. The van der Waals surface area contributed by atoms with Gasteiger partial charge < -0.3 is 23.8 Å². The number of aromatic nitrogens is 1. The van der Waals surface area contributed by atoms with Crippen LogP contribution in [0, 0.1) is 11.8 Å². The van der Waals surface area contributed by atoms with E-state index in [0.717, 1.165) is 84.9 Å². The highest BCUT2D eigenvalue weighted by molar-refractivity contribution is 7.90. The fraction of sp³-hybridized carbons (Fsp3) is 0.595. The Morgan fingerprint density at radius 1 is 0.926 bits per heavy atom. The second kappa shape index (κ2) is 13.0. The van der Waals surface area contributed by atoms with Crippen LogP contribution in [0.25, 0.3) is 16.6 Å². The number of methoxy groups -OCH3 is 1.